The summed E-state index contributed by atoms with van der Waals surface area (Å²) in [7, 11) is 0. The largest absolute Gasteiger partial charge is 0.388 e. The number of hydrogen-bond acceptors (Lipinski definition) is 3. The quantitative estimate of drug-likeness (QED) is 0.829. The van der Waals surface area contributed by atoms with E-state index in [1.165, 1.54) is 25.7 Å². The first-order valence-electron chi connectivity index (χ1n) is 6.37. The van der Waals surface area contributed by atoms with Crippen LogP contribution in [0.4, 0.5) is 0 Å². The first kappa shape index (κ1) is 11.6. The first-order chi connectivity index (χ1) is 7.85. The van der Waals surface area contributed by atoms with Gasteiger partial charge < -0.3 is 9.67 Å². The smallest absolute Gasteiger partial charge is 0.158 e. The predicted molar refractivity (Wildman–Crippen MR) is 61.9 cm³/mol. The van der Waals surface area contributed by atoms with E-state index in [0.717, 1.165) is 37.0 Å². The summed E-state index contributed by atoms with van der Waals surface area (Å²) in [6, 6.07) is 0. The Morgan fingerprint density at radius 2 is 1.94 bits per heavy atom. The normalized spacial score (nSPS) is 17.1. The van der Waals surface area contributed by atoms with Crippen LogP contribution in [-0.4, -0.2) is 19.9 Å². The molecule has 1 aromatic rings. The van der Waals surface area contributed by atoms with E-state index < -0.39 is 0 Å². The Hall–Kier alpha value is -0.900. The van der Waals surface area contributed by atoms with Gasteiger partial charge in [0.1, 0.15) is 12.4 Å². The van der Waals surface area contributed by atoms with Crippen molar-refractivity contribution in [1.29, 1.82) is 0 Å². The van der Waals surface area contributed by atoms with E-state index in [1.807, 2.05) is 0 Å². The van der Waals surface area contributed by atoms with Crippen LogP contribution >= 0.6 is 0 Å². The predicted octanol–water partition coefficient (Wildman–Crippen LogP) is 1.91. The third-order valence-electron chi connectivity index (χ3n) is 3.44. The molecule has 0 radical (unpaired) electrons. The van der Waals surface area contributed by atoms with Crippen LogP contribution in [0, 0.1) is 5.92 Å². The number of hydrogen-bond donors (Lipinski definition) is 1. The SMILES string of the molecule is CCCn1c(CO)nnc1CC1CCCC1. The highest BCUT2D eigenvalue weighted by Crippen LogP contribution is 2.27. The van der Waals surface area contributed by atoms with Crippen LogP contribution < -0.4 is 0 Å². The molecule has 1 aromatic heterocycles. The zero-order valence-electron chi connectivity index (χ0n) is 10.0. The van der Waals surface area contributed by atoms with Gasteiger partial charge in [-0.2, -0.15) is 0 Å². The molecule has 1 saturated carbocycles. The highest BCUT2D eigenvalue weighted by molar-refractivity contribution is 4.97. The van der Waals surface area contributed by atoms with Crippen LogP contribution in [0.2, 0.25) is 0 Å². The lowest BCUT2D eigenvalue weighted by Crippen LogP contribution is -2.11. The minimum Gasteiger partial charge on any atom is -0.388 e. The highest BCUT2D eigenvalue weighted by atomic mass is 16.3. The zero-order chi connectivity index (χ0) is 11.4. The zero-order valence-corrected chi connectivity index (χ0v) is 10.0. The molecular weight excluding hydrogens is 202 g/mol. The summed E-state index contributed by atoms with van der Waals surface area (Å²) >= 11 is 0. The molecule has 0 spiro atoms. The molecule has 0 bridgehead atoms. The summed E-state index contributed by atoms with van der Waals surface area (Å²) in [4.78, 5) is 0. The molecule has 0 unspecified atom stereocenters. The third kappa shape index (κ3) is 2.43. The summed E-state index contributed by atoms with van der Waals surface area (Å²) in [5, 5.41) is 17.5. The van der Waals surface area contributed by atoms with Crippen molar-refractivity contribution in [2.24, 2.45) is 5.92 Å². The van der Waals surface area contributed by atoms with Crippen LogP contribution in [-0.2, 0) is 19.6 Å². The van der Waals surface area contributed by atoms with Gasteiger partial charge in [-0.05, 0) is 12.3 Å². The van der Waals surface area contributed by atoms with E-state index in [0.29, 0.717) is 0 Å². The van der Waals surface area contributed by atoms with Gasteiger partial charge in [-0.25, -0.2) is 0 Å². The summed E-state index contributed by atoms with van der Waals surface area (Å²) in [6.07, 6.45) is 7.47. The van der Waals surface area contributed by atoms with E-state index >= 15 is 0 Å². The molecule has 2 rings (SSSR count). The molecule has 1 fully saturated rings. The lowest BCUT2D eigenvalue weighted by atomic mass is 10.0. The molecule has 1 N–H and O–H groups in total. The summed E-state index contributed by atoms with van der Waals surface area (Å²) < 4.78 is 2.10. The molecule has 16 heavy (non-hydrogen) atoms. The van der Waals surface area contributed by atoms with Gasteiger partial charge in [0.05, 0.1) is 0 Å². The lowest BCUT2D eigenvalue weighted by Gasteiger charge is -2.11. The number of aliphatic hydroxyl groups is 1. The lowest BCUT2D eigenvalue weighted by molar-refractivity contribution is 0.263. The minimum absolute atomic E-state index is 0.00231. The van der Waals surface area contributed by atoms with Gasteiger partial charge in [0.15, 0.2) is 5.82 Å². The fourth-order valence-corrected chi connectivity index (χ4v) is 2.59. The molecule has 0 saturated heterocycles. The van der Waals surface area contributed by atoms with Gasteiger partial charge in [-0.3, -0.25) is 0 Å². The Balaban J connectivity index is 2.09. The molecule has 1 aliphatic carbocycles. The second kappa shape index (κ2) is 5.43. The maximum absolute atomic E-state index is 9.20. The molecule has 0 aromatic carbocycles. The van der Waals surface area contributed by atoms with Gasteiger partial charge >= 0.3 is 0 Å². The fraction of sp³-hybridized carbons (Fsp3) is 0.833. The van der Waals surface area contributed by atoms with E-state index in [1.54, 1.807) is 0 Å². The number of aliphatic hydroxyl groups excluding tert-OH is 1. The summed E-state index contributed by atoms with van der Waals surface area (Å²) in [5.41, 5.74) is 0. The van der Waals surface area contributed by atoms with Crippen LogP contribution in [0.15, 0.2) is 0 Å². The van der Waals surface area contributed by atoms with Crippen molar-refractivity contribution >= 4 is 0 Å². The molecule has 90 valence electrons. The Morgan fingerprint density at radius 3 is 2.56 bits per heavy atom. The van der Waals surface area contributed by atoms with Crippen molar-refractivity contribution in [1.82, 2.24) is 14.8 Å². The van der Waals surface area contributed by atoms with Gasteiger partial charge in [0.25, 0.3) is 0 Å². The molecule has 4 heteroatoms. The van der Waals surface area contributed by atoms with Crippen LogP contribution in [0.5, 0.6) is 0 Å². The van der Waals surface area contributed by atoms with Gasteiger partial charge in [0.2, 0.25) is 0 Å². The third-order valence-corrected chi connectivity index (χ3v) is 3.44. The van der Waals surface area contributed by atoms with Crippen LogP contribution in [0.3, 0.4) is 0 Å². The summed E-state index contributed by atoms with van der Waals surface area (Å²) in [6.45, 7) is 3.06. The first-order valence-corrected chi connectivity index (χ1v) is 6.37. The van der Waals surface area contributed by atoms with Crippen LogP contribution in [0.1, 0.15) is 50.7 Å². The minimum atomic E-state index is -0.00231. The molecular formula is C12H21N3O. The van der Waals surface area contributed by atoms with Crippen molar-refractivity contribution in [3.8, 4) is 0 Å². The van der Waals surface area contributed by atoms with Gasteiger partial charge in [-0.15, -0.1) is 10.2 Å². The fourth-order valence-electron chi connectivity index (χ4n) is 2.59. The molecule has 0 aliphatic heterocycles. The van der Waals surface area contributed by atoms with Crippen molar-refractivity contribution in [2.45, 2.75) is 58.6 Å². The van der Waals surface area contributed by atoms with Crippen molar-refractivity contribution in [3.05, 3.63) is 11.6 Å². The van der Waals surface area contributed by atoms with E-state index in [4.69, 9.17) is 0 Å². The topological polar surface area (TPSA) is 50.9 Å². The Kier molecular flexibility index (Phi) is 3.93. The average Bonchev–Trinajstić information content (AvgIpc) is 2.91. The van der Waals surface area contributed by atoms with Gasteiger partial charge in [0, 0.05) is 13.0 Å². The summed E-state index contributed by atoms with van der Waals surface area (Å²) in [5.74, 6) is 2.57. The average molecular weight is 223 g/mol. The van der Waals surface area contributed by atoms with E-state index in [9.17, 15) is 5.11 Å². The monoisotopic (exact) mass is 223 g/mol. The standard InChI is InChI=1S/C12H21N3O/c1-2-7-15-11(13-14-12(15)9-16)8-10-5-3-4-6-10/h10,16H,2-9H2,1H3. The maximum Gasteiger partial charge on any atom is 0.158 e. The number of nitrogens with zero attached hydrogens (tertiary/aromatic N) is 3. The highest BCUT2D eigenvalue weighted by Gasteiger charge is 2.19. The molecule has 1 heterocycles. The van der Waals surface area contributed by atoms with Crippen molar-refractivity contribution < 1.29 is 5.11 Å². The van der Waals surface area contributed by atoms with Gasteiger partial charge in [-0.1, -0.05) is 32.6 Å². The van der Waals surface area contributed by atoms with Crippen molar-refractivity contribution in [2.75, 3.05) is 0 Å². The second-order valence-corrected chi connectivity index (χ2v) is 4.70. The van der Waals surface area contributed by atoms with Crippen molar-refractivity contribution in [3.63, 3.8) is 0 Å². The second-order valence-electron chi connectivity index (χ2n) is 4.70. The maximum atomic E-state index is 9.20. The Labute approximate surface area is 96.7 Å². The molecule has 0 atom stereocenters. The number of aromatic nitrogens is 3. The molecule has 1 aliphatic rings. The van der Waals surface area contributed by atoms with Crippen LogP contribution in [0.25, 0.3) is 0 Å². The molecule has 0 amide bonds. The Bertz CT molecular complexity index is 329. The molecule has 4 nitrogen and oxygen atoms in total. The van der Waals surface area contributed by atoms with E-state index in [-0.39, 0.29) is 6.61 Å². The van der Waals surface area contributed by atoms with E-state index in [2.05, 4.69) is 21.7 Å². The Morgan fingerprint density at radius 1 is 1.25 bits per heavy atom. The number of rotatable bonds is 5.